The molecule has 0 saturated heterocycles. The molecule has 84 valence electrons. The molecule has 0 saturated carbocycles. The lowest BCUT2D eigenvalue weighted by atomic mass is 10.2. The van der Waals surface area contributed by atoms with Crippen molar-refractivity contribution in [3.63, 3.8) is 0 Å². The second-order valence-corrected chi connectivity index (χ2v) is 3.71. The minimum absolute atomic E-state index is 0.245. The van der Waals surface area contributed by atoms with Crippen LogP contribution < -0.4 is 5.32 Å². The van der Waals surface area contributed by atoms with Gasteiger partial charge in [0.15, 0.2) is 5.76 Å². The van der Waals surface area contributed by atoms with Crippen molar-refractivity contribution in [1.29, 1.82) is 0 Å². The molecule has 2 heterocycles. The predicted molar refractivity (Wildman–Crippen MR) is 65.0 cm³/mol. The topological polar surface area (TPSA) is 58.0 Å². The van der Waals surface area contributed by atoms with Crippen molar-refractivity contribution in [1.82, 2.24) is 4.98 Å². The Hall–Kier alpha value is -2.49. The van der Waals surface area contributed by atoms with Crippen LogP contribution in [-0.4, -0.2) is 10.9 Å². The highest BCUT2D eigenvalue weighted by atomic mass is 16.3. The lowest BCUT2D eigenvalue weighted by Crippen LogP contribution is -2.10. The summed E-state index contributed by atoms with van der Waals surface area (Å²) in [5.41, 5.74) is 1.79. The van der Waals surface area contributed by atoms with Crippen LogP contribution in [0.15, 0.2) is 53.3 Å². The van der Waals surface area contributed by atoms with Crippen molar-refractivity contribution >= 4 is 22.5 Å². The van der Waals surface area contributed by atoms with E-state index in [-0.39, 0.29) is 5.91 Å². The molecule has 3 rings (SSSR count). The van der Waals surface area contributed by atoms with Gasteiger partial charge < -0.3 is 14.7 Å². The quantitative estimate of drug-likeness (QED) is 0.705. The van der Waals surface area contributed by atoms with Crippen LogP contribution in [0.1, 0.15) is 10.6 Å². The van der Waals surface area contributed by atoms with E-state index in [1.165, 1.54) is 6.26 Å². The molecule has 0 aliphatic carbocycles. The molecule has 0 aliphatic heterocycles. The highest BCUT2D eigenvalue weighted by Gasteiger charge is 2.08. The molecule has 2 aromatic heterocycles. The van der Waals surface area contributed by atoms with Crippen LogP contribution >= 0.6 is 0 Å². The number of furan rings is 1. The summed E-state index contributed by atoms with van der Waals surface area (Å²) >= 11 is 0. The Bertz CT molecular complexity index is 653. The smallest absolute Gasteiger partial charge is 0.291 e. The Kier molecular flexibility index (Phi) is 2.19. The van der Waals surface area contributed by atoms with Crippen LogP contribution in [0.25, 0.3) is 10.9 Å². The molecule has 4 heteroatoms. The maximum atomic E-state index is 11.7. The number of carbonyl (C=O) groups excluding carboxylic acids is 1. The van der Waals surface area contributed by atoms with Crippen molar-refractivity contribution in [3.05, 3.63) is 54.6 Å². The fraction of sp³-hybridized carbons (Fsp3) is 0. The molecule has 0 bridgehead atoms. The standard InChI is InChI=1S/C13H10N2O2/c16-13(12-2-1-7-17-12)15-10-3-4-11-9(8-10)5-6-14-11/h1-8,14H,(H,15,16). The van der Waals surface area contributed by atoms with Crippen LogP contribution in [0.2, 0.25) is 0 Å². The zero-order chi connectivity index (χ0) is 11.7. The largest absolute Gasteiger partial charge is 0.459 e. The van der Waals surface area contributed by atoms with Gasteiger partial charge in [-0.1, -0.05) is 0 Å². The number of H-pyrrole nitrogens is 1. The number of fused-ring (bicyclic) bond motifs is 1. The average molecular weight is 226 g/mol. The first kappa shape index (κ1) is 9.72. The number of amides is 1. The first-order valence-corrected chi connectivity index (χ1v) is 5.25. The highest BCUT2D eigenvalue weighted by Crippen LogP contribution is 2.18. The maximum absolute atomic E-state index is 11.7. The zero-order valence-electron chi connectivity index (χ0n) is 8.94. The van der Waals surface area contributed by atoms with E-state index in [9.17, 15) is 4.79 Å². The normalized spacial score (nSPS) is 10.6. The van der Waals surface area contributed by atoms with Gasteiger partial charge in [0, 0.05) is 22.8 Å². The van der Waals surface area contributed by atoms with E-state index in [1.807, 2.05) is 30.5 Å². The molecule has 2 N–H and O–H groups in total. The summed E-state index contributed by atoms with van der Waals surface area (Å²) in [6.07, 6.45) is 3.34. The summed E-state index contributed by atoms with van der Waals surface area (Å²) in [6, 6.07) is 11.0. The minimum Gasteiger partial charge on any atom is -0.459 e. The molecule has 4 nitrogen and oxygen atoms in total. The van der Waals surface area contributed by atoms with Crippen molar-refractivity contribution in [2.75, 3.05) is 5.32 Å². The number of rotatable bonds is 2. The molecule has 0 aliphatic rings. The third kappa shape index (κ3) is 1.80. The second-order valence-electron chi connectivity index (χ2n) is 3.71. The molecule has 0 unspecified atom stereocenters. The van der Waals surface area contributed by atoms with Gasteiger partial charge in [-0.15, -0.1) is 0 Å². The Morgan fingerprint density at radius 3 is 3.00 bits per heavy atom. The number of hydrogen-bond acceptors (Lipinski definition) is 2. The minimum atomic E-state index is -0.245. The summed E-state index contributed by atoms with van der Waals surface area (Å²) in [5.74, 6) is 0.0593. The van der Waals surface area contributed by atoms with Crippen LogP contribution in [0.5, 0.6) is 0 Å². The zero-order valence-corrected chi connectivity index (χ0v) is 8.94. The van der Waals surface area contributed by atoms with E-state index in [0.29, 0.717) is 5.76 Å². The van der Waals surface area contributed by atoms with E-state index in [4.69, 9.17) is 4.42 Å². The third-order valence-electron chi connectivity index (χ3n) is 2.56. The van der Waals surface area contributed by atoms with Crippen LogP contribution in [0.4, 0.5) is 5.69 Å². The van der Waals surface area contributed by atoms with Gasteiger partial charge >= 0.3 is 0 Å². The predicted octanol–water partition coefficient (Wildman–Crippen LogP) is 3.01. The molecular formula is C13H10N2O2. The number of anilines is 1. The van der Waals surface area contributed by atoms with Crippen molar-refractivity contribution in [2.45, 2.75) is 0 Å². The molecule has 0 atom stereocenters. The number of aromatic nitrogens is 1. The number of benzene rings is 1. The Balaban J connectivity index is 1.87. The van der Waals surface area contributed by atoms with Crippen molar-refractivity contribution in [3.8, 4) is 0 Å². The Morgan fingerprint density at radius 2 is 2.18 bits per heavy atom. The summed E-state index contributed by atoms with van der Waals surface area (Å²) in [7, 11) is 0. The maximum Gasteiger partial charge on any atom is 0.291 e. The summed E-state index contributed by atoms with van der Waals surface area (Å²) < 4.78 is 5.02. The number of carbonyl (C=O) groups is 1. The molecule has 1 amide bonds. The second kappa shape index (κ2) is 3.83. The van der Waals surface area contributed by atoms with Gasteiger partial charge in [-0.05, 0) is 36.4 Å². The highest BCUT2D eigenvalue weighted by molar-refractivity contribution is 6.03. The van der Waals surface area contributed by atoms with Crippen LogP contribution in [-0.2, 0) is 0 Å². The third-order valence-corrected chi connectivity index (χ3v) is 2.56. The molecule has 0 spiro atoms. The van der Waals surface area contributed by atoms with Crippen molar-refractivity contribution in [2.24, 2.45) is 0 Å². The lowest BCUT2D eigenvalue weighted by Gasteiger charge is -2.02. The average Bonchev–Trinajstić information content (AvgIpc) is 2.99. The molecule has 0 fully saturated rings. The first-order valence-electron chi connectivity index (χ1n) is 5.25. The van der Waals surface area contributed by atoms with Gasteiger partial charge in [-0.3, -0.25) is 4.79 Å². The molecule has 1 aromatic carbocycles. The van der Waals surface area contributed by atoms with E-state index in [2.05, 4.69) is 10.3 Å². The number of nitrogens with one attached hydrogen (secondary N) is 2. The Morgan fingerprint density at radius 1 is 1.24 bits per heavy atom. The molecule has 0 radical (unpaired) electrons. The van der Waals surface area contributed by atoms with Crippen LogP contribution in [0, 0.1) is 0 Å². The summed E-state index contributed by atoms with van der Waals surface area (Å²) in [4.78, 5) is 14.8. The van der Waals surface area contributed by atoms with Gasteiger partial charge in [-0.25, -0.2) is 0 Å². The van der Waals surface area contributed by atoms with E-state index in [0.717, 1.165) is 16.6 Å². The molecular weight excluding hydrogens is 216 g/mol. The van der Waals surface area contributed by atoms with E-state index >= 15 is 0 Å². The molecule has 3 aromatic rings. The first-order chi connectivity index (χ1) is 8.33. The van der Waals surface area contributed by atoms with Gasteiger partial charge in [0.2, 0.25) is 0 Å². The molecule has 17 heavy (non-hydrogen) atoms. The Labute approximate surface area is 97.2 Å². The van der Waals surface area contributed by atoms with Crippen molar-refractivity contribution < 1.29 is 9.21 Å². The summed E-state index contributed by atoms with van der Waals surface area (Å²) in [5, 5.41) is 3.84. The number of hydrogen-bond donors (Lipinski definition) is 2. The number of aromatic amines is 1. The van der Waals surface area contributed by atoms with E-state index in [1.54, 1.807) is 12.1 Å². The van der Waals surface area contributed by atoms with Crippen LogP contribution in [0.3, 0.4) is 0 Å². The van der Waals surface area contributed by atoms with Gasteiger partial charge in [0.1, 0.15) is 0 Å². The fourth-order valence-corrected chi connectivity index (χ4v) is 1.73. The van der Waals surface area contributed by atoms with E-state index < -0.39 is 0 Å². The SMILES string of the molecule is O=C(Nc1ccc2[nH]ccc2c1)c1ccco1. The summed E-state index contributed by atoms with van der Waals surface area (Å²) in [6.45, 7) is 0. The van der Waals surface area contributed by atoms with Gasteiger partial charge in [0.25, 0.3) is 5.91 Å². The van der Waals surface area contributed by atoms with Gasteiger partial charge in [0.05, 0.1) is 6.26 Å². The lowest BCUT2D eigenvalue weighted by molar-refractivity contribution is 0.0996. The fourth-order valence-electron chi connectivity index (χ4n) is 1.73. The van der Waals surface area contributed by atoms with Gasteiger partial charge in [-0.2, -0.15) is 0 Å². The monoisotopic (exact) mass is 226 g/mol.